The van der Waals surface area contributed by atoms with E-state index in [0.717, 1.165) is 77.6 Å². The normalized spacial score (nSPS) is 11.8. The molecule has 4 heteroatoms. The van der Waals surface area contributed by atoms with E-state index in [1.807, 2.05) is 36.4 Å². The van der Waals surface area contributed by atoms with Crippen molar-refractivity contribution in [3.05, 3.63) is 218 Å². The monoisotopic (exact) mass is 804 g/mol. The molecule has 63 heavy (non-hydrogen) atoms. The van der Waals surface area contributed by atoms with Gasteiger partial charge in [0, 0.05) is 45.0 Å². The van der Waals surface area contributed by atoms with Gasteiger partial charge in [-0.2, -0.15) is 0 Å². The Labute approximate surface area is 362 Å². The molecule has 0 spiro atoms. The van der Waals surface area contributed by atoms with Gasteiger partial charge in [0.2, 0.25) is 5.89 Å². The van der Waals surface area contributed by atoms with Crippen molar-refractivity contribution in [2.75, 3.05) is 4.90 Å². The third-order valence-electron chi connectivity index (χ3n) is 12.6. The maximum Gasteiger partial charge on any atom is 0.227 e. The molecule has 0 amide bonds. The summed E-state index contributed by atoms with van der Waals surface area (Å²) in [4.78, 5) is 7.27. The van der Waals surface area contributed by atoms with Gasteiger partial charge in [0.05, 0.1) is 0 Å². The third-order valence-corrected chi connectivity index (χ3v) is 12.6. The summed E-state index contributed by atoms with van der Waals surface area (Å²) in [7, 11) is 0. The van der Waals surface area contributed by atoms with Crippen LogP contribution in [-0.4, -0.2) is 4.98 Å². The van der Waals surface area contributed by atoms with Crippen LogP contribution in [0.3, 0.4) is 0 Å². The Morgan fingerprint density at radius 2 is 0.873 bits per heavy atom. The average Bonchev–Trinajstić information content (AvgIpc) is 3.97. The predicted molar refractivity (Wildman–Crippen MR) is 262 cm³/mol. The first kappa shape index (κ1) is 35.3. The number of hydrogen-bond donors (Lipinski definition) is 0. The number of aromatic nitrogens is 1. The topological polar surface area (TPSA) is 42.4 Å². The first-order valence-corrected chi connectivity index (χ1v) is 21.4. The number of hydrogen-bond acceptors (Lipinski definition) is 4. The van der Waals surface area contributed by atoms with E-state index in [0.29, 0.717) is 5.89 Å². The van der Waals surface area contributed by atoms with Crippen LogP contribution < -0.4 is 4.90 Å². The van der Waals surface area contributed by atoms with Crippen molar-refractivity contribution in [2.45, 2.75) is 0 Å². The summed E-state index contributed by atoms with van der Waals surface area (Å²) >= 11 is 0. The fourth-order valence-corrected chi connectivity index (χ4v) is 9.68. The lowest BCUT2D eigenvalue weighted by Gasteiger charge is -2.26. The predicted octanol–water partition coefficient (Wildman–Crippen LogP) is 16.8. The molecule has 0 bridgehead atoms. The second-order valence-corrected chi connectivity index (χ2v) is 16.3. The molecule has 11 aromatic carbocycles. The molecule has 0 aliphatic carbocycles. The lowest BCUT2D eigenvalue weighted by Crippen LogP contribution is -2.09. The molecule has 0 aliphatic rings. The van der Waals surface area contributed by atoms with E-state index in [9.17, 15) is 0 Å². The van der Waals surface area contributed by atoms with Gasteiger partial charge in [0.15, 0.2) is 5.58 Å². The number of anilines is 3. The highest BCUT2D eigenvalue weighted by molar-refractivity contribution is 6.26. The van der Waals surface area contributed by atoms with Crippen molar-refractivity contribution >= 4 is 93.2 Å². The van der Waals surface area contributed by atoms with Gasteiger partial charge < -0.3 is 13.7 Å². The van der Waals surface area contributed by atoms with Crippen molar-refractivity contribution in [3.8, 4) is 33.7 Å². The molecular formula is C59H36N2O2. The number of fused-ring (bicyclic) bond motifs is 12. The van der Waals surface area contributed by atoms with Crippen molar-refractivity contribution in [3.63, 3.8) is 0 Å². The molecular weight excluding hydrogens is 769 g/mol. The fourth-order valence-electron chi connectivity index (χ4n) is 9.68. The summed E-state index contributed by atoms with van der Waals surface area (Å²) in [6.07, 6.45) is 0. The van der Waals surface area contributed by atoms with E-state index < -0.39 is 0 Å². The SMILES string of the molecule is c1ccc(-c2ccc(N(c3ccc4c(c3)oc3c(-c5ccc6oc(-c7ccccc7)nc6c5)cc5ccccc5c34)c3ccc4c5ccccc5c5ccccc5c4c3)cc2)cc1. The molecule has 13 aromatic rings. The summed E-state index contributed by atoms with van der Waals surface area (Å²) in [5.74, 6) is 0.606. The minimum Gasteiger partial charge on any atom is -0.455 e. The summed E-state index contributed by atoms with van der Waals surface area (Å²) in [5.41, 5.74) is 11.7. The van der Waals surface area contributed by atoms with Crippen molar-refractivity contribution in [1.82, 2.24) is 4.98 Å². The molecule has 0 saturated carbocycles. The van der Waals surface area contributed by atoms with E-state index in [1.54, 1.807) is 0 Å². The molecule has 2 aromatic heterocycles. The molecule has 2 heterocycles. The van der Waals surface area contributed by atoms with Crippen LogP contribution in [0.5, 0.6) is 0 Å². The zero-order valence-electron chi connectivity index (χ0n) is 34.0. The van der Waals surface area contributed by atoms with Crippen molar-refractivity contribution in [2.24, 2.45) is 0 Å². The van der Waals surface area contributed by atoms with Crippen molar-refractivity contribution < 1.29 is 8.83 Å². The van der Waals surface area contributed by atoms with E-state index >= 15 is 0 Å². The quantitative estimate of drug-likeness (QED) is 0.157. The molecule has 4 nitrogen and oxygen atoms in total. The Balaban J connectivity index is 1.01. The van der Waals surface area contributed by atoms with E-state index in [-0.39, 0.29) is 0 Å². The minimum absolute atomic E-state index is 0.606. The van der Waals surface area contributed by atoms with Crippen LogP contribution in [0.15, 0.2) is 227 Å². The number of oxazole rings is 1. The van der Waals surface area contributed by atoms with Crippen LogP contribution in [0.2, 0.25) is 0 Å². The average molecular weight is 805 g/mol. The van der Waals surface area contributed by atoms with Crippen LogP contribution >= 0.6 is 0 Å². The lowest BCUT2D eigenvalue weighted by molar-refractivity contribution is 0.620. The Bertz CT molecular complexity index is 3870. The van der Waals surface area contributed by atoms with E-state index in [1.165, 1.54) is 43.4 Å². The summed E-state index contributed by atoms with van der Waals surface area (Å²) in [5, 5.41) is 11.9. The molecule has 0 N–H and O–H groups in total. The van der Waals surface area contributed by atoms with Crippen LogP contribution in [0.4, 0.5) is 17.1 Å². The molecule has 13 rings (SSSR count). The van der Waals surface area contributed by atoms with Gasteiger partial charge in [0.1, 0.15) is 16.7 Å². The number of rotatable bonds is 6. The molecule has 0 radical (unpaired) electrons. The maximum atomic E-state index is 7.08. The lowest BCUT2D eigenvalue weighted by atomic mass is 9.94. The van der Waals surface area contributed by atoms with Crippen LogP contribution in [0.25, 0.3) is 110 Å². The first-order chi connectivity index (χ1) is 31.2. The molecule has 294 valence electrons. The Kier molecular flexibility index (Phi) is 7.87. The number of benzene rings is 11. The second kappa shape index (κ2) is 14.1. The zero-order chi connectivity index (χ0) is 41.4. The first-order valence-electron chi connectivity index (χ1n) is 21.4. The standard InChI is InChI=1S/C59H36N2O2/c1-3-13-37(14-4-1)38-23-26-42(27-24-38)61(43-28-30-50-48-21-10-9-19-46(48)47-20-11-12-22-49(47)53(50)35-43)44-29-31-51-56(36-44)62-58-52(33-40-17-7-8-18-45(40)57(51)58)41-25-32-55-54(34-41)60-59(63-55)39-15-5-2-6-16-39/h1-36H. The van der Waals surface area contributed by atoms with Gasteiger partial charge in [-0.25, -0.2) is 4.98 Å². The number of nitrogens with zero attached hydrogens (tertiary/aromatic N) is 2. The minimum atomic E-state index is 0.606. The van der Waals surface area contributed by atoms with Crippen LogP contribution in [0, 0.1) is 0 Å². The molecule has 0 atom stereocenters. The number of furan rings is 1. The second-order valence-electron chi connectivity index (χ2n) is 16.3. The smallest absolute Gasteiger partial charge is 0.227 e. The Morgan fingerprint density at radius 1 is 0.333 bits per heavy atom. The third kappa shape index (κ3) is 5.73. The molecule has 0 fully saturated rings. The largest absolute Gasteiger partial charge is 0.455 e. The Hall–Kier alpha value is -8.47. The maximum absolute atomic E-state index is 7.08. The molecule has 0 saturated heterocycles. The summed E-state index contributed by atoms with van der Waals surface area (Å²) < 4.78 is 13.3. The zero-order valence-corrected chi connectivity index (χ0v) is 34.0. The van der Waals surface area contributed by atoms with E-state index in [4.69, 9.17) is 13.8 Å². The van der Waals surface area contributed by atoms with Gasteiger partial charge >= 0.3 is 0 Å². The van der Waals surface area contributed by atoms with Gasteiger partial charge in [-0.3, -0.25) is 0 Å². The molecule has 0 unspecified atom stereocenters. The highest BCUT2D eigenvalue weighted by Gasteiger charge is 2.21. The fraction of sp³-hybridized carbons (Fsp3) is 0. The summed E-state index contributed by atoms with van der Waals surface area (Å²) in [6, 6.07) is 77.6. The van der Waals surface area contributed by atoms with E-state index in [2.05, 4.69) is 187 Å². The van der Waals surface area contributed by atoms with Gasteiger partial charge in [-0.05, 0) is 127 Å². The van der Waals surface area contributed by atoms with Gasteiger partial charge in [0.25, 0.3) is 0 Å². The van der Waals surface area contributed by atoms with Gasteiger partial charge in [-0.1, -0.05) is 146 Å². The highest BCUT2D eigenvalue weighted by Crippen LogP contribution is 2.46. The Morgan fingerprint density at radius 3 is 1.59 bits per heavy atom. The van der Waals surface area contributed by atoms with Crippen LogP contribution in [-0.2, 0) is 0 Å². The summed E-state index contributed by atoms with van der Waals surface area (Å²) in [6.45, 7) is 0. The van der Waals surface area contributed by atoms with Crippen LogP contribution in [0.1, 0.15) is 0 Å². The molecule has 0 aliphatic heterocycles. The highest BCUT2D eigenvalue weighted by atomic mass is 16.3. The van der Waals surface area contributed by atoms with Crippen molar-refractivity contribution in [1.29, 1.82) is 0 Å². The van der Waals surface area contributed by atoms with Gasteiger partial charge in [-0.15, -0.1) is 0 Å².